The van der Waals surface area contributed by atoms with Crippen molar-refractivity contribution in [2.75, 3.05) is 5.32 Å². The highest BCUT2D eigenvalue weighted by atomic mass is 16.6. The third-order valence-corrected chi connectivity index (χ3v) is 4.28. The number of ether oxygens (including phenoxy) is 1. The number of hydrogen-bond acceptors (Lipinski definition) is 4. The molecule has 1 amide bonds. The summed E-state index contributed by atoms with van der Waals surface area (Å²) in [6, 6.07) is 5.59. The lowest BCUT2D eigenvalue weighted by Gasteiger charge is -2.31. The fraction of sp³-hybridized carbons (Fsp3) is 0.579. The Hall–Kier alpha value is -2.24. The lowest BCUT2D eigenvalue weighted by Crippen LogP contribution is -2.42. The average Bonchev–Trinajstić information content (AvgIpc) is 2.49. The third-order valence-electron chi connectivity index (χ3n) is 4.28. The Balaban J connectivity index is 1.83. The Labute approximate surface area is 149 Å². The topological polar surface area (TPSA) is 87.7 Å². The number of aryl methyl sites for hydroxylation is 1. The predicted molar refractivity (Wildman–Crippen MR) is 97.2 cm³/mol. The fourth-order valence-corrected chi connectivity index (χ4v) is 3.03. The van der Waals surface area contributed by atoms with Gasteiger partial charge < -0.3 is 20.5 Å². The van der Waals surface area contributed by atoms with Crippen molar-refractivity contribution in [3.63, 3.8) is 0 Å². The first-order valence-corrected chi connectivity index (χ1v) is 8.74. The van der Waals surface area contributed by atoms with Crippen LogP contribution in [0.25, 0.3) is 0 Å². The number of rotatable bonds is 4. The molecule has 6 heteroatoms. The summed E-state index contributed by atoms with van der Waals surface area (Å²) in [5.41, 5.74) is 1.71. The Morgan fingerprint density at radius 1 is 1.12 bits per heavy atom. The van der Waals surface area contributed by atoms with Crippen LogP contribution in [0.15, 0.2) is 18.2 Å². The molecule has 1 aliphatic rings. The number of nitrogens with one attached hydrogen (secondary N) is 2. The quantitative estimate of drug-likeness (QED) is 0.767. The summed E-state index contributed by atoms with van der Waals surface area (Å²) in [4.78, 5) is 22.8. The zero-order valence-electron chi connectivity index (χ0n) is 15.4. The smallest absolute Gasteiger partial charge is 0.407 e. The van der Waals surface area contributed by atoms with Crippen molar-refractivity contribution in [3.05, 3.63) is 29.3 Å². The fourth-order valence-electron chi connectivity index (χ4n) is 3.03. The molecule has 3 N–H and O–H groups in total. The van der Waals surface area contributed by atoms with Crippen LogP contribution in [-0.2, 0) is 4.74 Å². The summed E-state index contributed by atoms with van der Waals surface area (Å²) in [6.45, 7) is 7.46. The van der Waals surface area contributed by atoms with Crippen LogP contribution in [0, 0.1) is 6.92 Å². The summed E-state index contributed by atoms with van der Waals surface area (Å²) in [5.74, 6) is -0.914. The van der Waals surface area contributed by atoms with E-state index in [0.29, 0.717) is 11.6 Å². The van der Waals surface area contributed by atoms with Gasteiger partial charge >= 0.3 is 12.1 Å². The van der Waals surface area contributed by atoms with E-state index < -0.39 is 11.6 Å². The Morgan fingerprint density at radius 3 is 2.24 bits per heavy atom. The van der Waals surface area contributed by atoms with Gasteiger partial charge in [-0.25, -0.2) is 9.59 Å². The average molecular weight is 348 g/mol. The van der Waals surface area contributed by atoms with Crippen LogP contribution in [0.5, 0.6) is 0 Å². The molecule has 6 nitrogen and oxygen atoms in total. The predicted octanol–water partition coefficient (Wildman–Crippen LogP) is 3.94. The summed E-state index contributed by atoms with van der Waals surface area (Å²) in [5, 5.41) is 15.5. The van der Waals surface area contributed by atoms with E-state index in [1.165, 1.54) is 0 Å². The van der Waals surface area contributed by atoms with Crippen LogP contribution in [-0.4, -0.2) is 34.9 Å². The van der Waals surface area contributed by atoms with Crippen LogP contribution < -0.4 is 10.6 Å². The second-order valence-electron chi connectivity index (χ2n) is 7.67. The molecule has 0 unspecified atom stereocenters. The Bertz CT molecular complexity index is 629. The number of carbonyl (C=O) groups is 2. The minimum atomic E-state index is -0.914. The second kappa shape index (κ2) is 7.76. The van der Waals surface area contributed by atoms with Gasteiger partial charge in [-0.2, -0.15) is 0 Å². The molecular weight excluding hydrogens is 320 g/mol. The number of carboxylic acids is 1. The molecule has 0 saturated heterocycles. The zero-order valence-corrected chi connectivity index (χ0v) is 15.4. The normalized spacial score (nSPS) is 20.6. The molecule has 0 aliphatic heterocycles. The standard InChI is InChI=1S/C19H28N2O4/c1-12-11-13(17(22)23)5-10-16(12)20-14-6-8-15(9-7-14)21-18(24)25-19(2,3)4/h5,10-11,14-15,20H,6-9H2,1-4H3,(H,21,24)(H,22,23). The highest BCUT2D eigenvalue weighted by molar-refractivity contribution is 5.88. The van der Waals surface area contributed by atoms with Gasteiger partial charge in [0, 0.05) is 17.8 Å². The van der Waals surface area contributed by atoms with Gasteiger partial charge in [-0.3, -0.25) is 0 Å². The van der Waals surface area contributed by atoms with Gasteiger partial charge in [-0.05, 0) is 77.1 Å². The molecule has 138 valence electrons. The number of anilines is 1. The van der Waals surface area contributed by atoms with Crippen molar-refractivity contribution < 1.29 is 19.4 Å². The Morgan fingerprint density at radius 2 is 1.72 bits per heavy atom. The van der Waals surface area contributed by atoms with Gasteiger partial charge in [-0.1, -0.05) is 0 Å². The molecule has 1 aromatic rings. The number of amides is 1. The van der Waals surface area contributed by atoms with Crippen molar-refractivity contribution in [2.45, 2.75) is 71.1 Å². The van der Waals surface area contributed by atoms with Gasteiger partial charge in [0.1, 0.15) is 5.60 Å². The monoisotopic (exact) mass is 348 g/mol. The summed E-state index contributed by atoms with van der Waals surface area (Å²) in [7, 11) is 0. The molecular formula is C19H28N2O4. The van der Waals surface area contributed by atoms with Crippen LogP contribution in [0.1, 0.15) is 62.4 Å². The van der Waals surface area contributed by atoms with Crippen molar-refractivity contribution >= 4 is 17.7 Å². The molecule has 0 spiro atoms. The van der Waals surface area contributed by atoms with Gasteiger partial charge in [-0.15, -0.1) is 0 Å². The molecule has 0 atom stereocenters. The van der Waals surface area contributed by atoms with Crippen LogP contribution in [0.3, 0.4) is 0 Å². The molecule has 0 bridgehead atoms. The molecule has 25 heavy (non-hydrogen) atoms. The van der Waals surface area contributed by atoms with Crippen molar-refractivity contribution in [2.24, 2.45) is 0 Å². The van der Waals surface area contributed by atoms with E-state index in [0.717, 1.165) is 36.9 Å². The third kappa shape index (κ3) is 5.96. The number of carbonyl (C=O) groups excluding carboxylic acids is 1. The zero-order chi connectivity index (χ0) is 18.6. The van der Waals surface area contributed by atoms with Crippen molar-refractivity contribution in [1.29, 1.82) is 0 Å². The van der Waals surface area contributed by atoms with Gasteiger partial charge in [0.05, 0.1) is 5.56 Å². The minimum absolute atomic E-state index is 0.142. The first kappa shape index (κ1) is 19.1. The molecule has 0 radical (unpaired) electrons. The molecule has 1 saturated carbocycles. The summed E-state index contributed by atoms with van der Waals surface area (Å²) >= 11 is 0. The highest BCUT2D eigenvalue weighted by Gasteiger charge is 2.25. The molecule has 0 heterocycles. The van der Waals surface area contributed by atoms with E-state index in [9.17, 15) is 9.59 Å². The Kier molecular flexibility index (Phi) is 5.93. The first-order chi connectivity index (χ1) is 11.6. The lowest BCUT2D eigenvalue weighted by atomic mass is 9.91. The second-order valence-corrected chi connectivity index (χ2v) is 7.67. The maximum absolute atomic E-state index is 11.8. The number of aromatic carboxylic acids is 1. The largest absolute Gasteiger partial charge is 0.478 e. The summed E-state index contributed by atoms with van der Waals surface area (Å²) < 4.78 is 5.30. The van der Waals surface area contributed by atoms with Crippen LogP contribution in [0.4, 0.5) is 10.5 Å². The van der Waals surface area contributed by atoms with Gasteiger partial charge in [0.15, 0.2) is 0 Å². The van der Waals surface area contributed by atoms with E-state index in [-0.39, 0.29) is 12.1 Å². The van der Waals surface area contributed by atoms with Gasteiger partial charge in [0.25, 0.3) is 0 Å². The highest BCUT2D eigenvalue weighted by Crippen LogP contribution is 2.25. The van der Waals surface area contributed by atoms with E-state index in [4.69, 9.17) is 9.84 Å². The van der Waals surface area contributed by atoms with Gasteiger partial charge in [0.2, 0.25) is 0 Å². The summed E-state index contributed by atoms with van der Waals surface area (Å²) in [6.07, 6.45) is 3.32. The minimum Gasteiger partial charge on any atom is -0.478 e. The molecule has 0 aromatic heterocycles. The maximum Gasteiger partial charge on any atom is 0.407 e. The van der Waals surface area contributed by atoms with Crippen LogP contribution in [0.2, 0.25) is 0 Å². The molecule has 1 fully saturated rings. The van der Waals surface area contributed by atoms with E-state index in [2.05, 4.69) is 10.6 Å². The van der Waals surface area contributed by atoms with E-state index in [1.54, 1.807) is 12.1 Å². The van der Waals surface area contributed by atoms with E-state index >= 15 is 0 Å². The molecule has 1 aliphatic carbocycles. The molecule has 2 rings (SSSR count). The first-order valence-electron chi connectivity index (χ1n) is 8.74. The SMILES string of the molecule is Cc1cc(C(=O)O)ccc1NC1CCC(NC(=O)OC(C)(C)C)CC1. The maximum atomic E-state index is 11.8. The lowest BCUT2D eigenvalue weighted by molar-refractivity contribution is 0.0491. The van der Waals surface area contributed by atoms with E-state index in [1.807, 2.05) is 33.8 Å². The van der Waals surface area contributed by atoms with Crippen LogP contribution >= 0.6 is 0 Å². The number of benzene rings is 1. The number of hydrogen-bond donors (Lipinski definition) is 3. The van der Waals surface area contributed by atoms with Crippen molar-refractivity contribution in [1.82, 2.24) is 5.32 Å². The molecule has 1 aromatic carbocycles. The number of carboxylic acid groups (broad SMARTS) is 1. The number of alkyl carbamates (subject to hydrolysis) is 1. The van der Waals surface area contributed by atoms with Crippen molar-refractivity contribution in [3.8, 4) is 0 Å².